The molecule has 1 fully saturated rings. The topological polar surface area (TPSA) is 95.5 Å². The van der Waals surface area contributed by atoms with Gasteiger partial charge < -0.3 is 0 Å². The first kappa shape index (κ1) is 14.9. The van der Waals surface area contributed by atoms with Gasteiger partial charge in [-0.05, 0) is 33.1 Å². The Bertz CT molecular complexity index is 612. The Kier molecular flexibility index (Phi) is 4.37. The van der Waals surface area contributed by atoms with Crippen LogP contribution in [0.3, 0.4) is 0 Å². The van der Waals surface area contributed by atoms with E-state index in [-0.39, 0.29) is 4.90 Å². The summed E-state index contributed by atoms with van der Waals surface area (Å²) < 4.78 is 26.9. The van der Waals surface area contributed by atoms with Gasteiger partial charge in [-0.15, -0.1) is 0 Å². The highest BCUT2D eigenvalue weighted by molar-refractivity contribution is 7.89. The molecule has 1 saturated heterocycles. The van der Waals surface area contributed by atoms with Crippen molar-refractivity contribution < 1.29 is 13.2 Å². The summed E-state index contributed by atoms with van der Waals surface area (Å²) in [6.07, 6.45) is 3.92. The maximum absolute atomic E-state index is 12.8. The predicted octanol–water partition coefficient (Wildman–Crippen LogP) is 1.25. The van der Waals surface area contributed by atoms with Crippen molar-refractivity contribution in [2.75, 3.05) is 6.54 Å². The van der Waals surface area contributed by atoms with E-state index in [2.05, 4.69) is 15.2 Å². The SMILES string of the molecule is Cc1n[nH]c(C)c1S(=O)(=O)N1CCCCCC1N=C=O. The van der Waals surface area contributed by atoms with Crippen LogP contribution in [0.1, 0.15) is 37.1 Å². The lowest BCUT2D eigenvalue weighted by Gasteiger charge is -2.25. The van der Waals surface area contributed by atoms with Crippen LogP contribution in [0.15, 0.2) is 9.89 Å². The Morgan fingerprint density at radius 2 is 2.10 bits per heavy atom. The number of aliphatic imine (C=N–C) groups is 1. The van der Waals surface area contributed by atoms with Crippen LogP contribution < -0.4 is 0 Å². The summed E-state index contributed by atoms with van der Waals surface area (Å²) in [5.74, 6) is 0. The zero-order valence-electron chi connectivity index (χ0n) is 11.6. The molecule has 1 aromatic heterocycles. The molecule has 0 aliphatic carbocycles. The molecule has 7 nitrogen and oxygen atoms in total. The first-order valence-corrected chi connectivity index (χ1v) is 8.03. The van der Waals surface area contributed by atoms with E-state index in [1.54, 1.807) is 13.8 Å². The van der Waals surface area contributed by atoms with Gasteiger partial charge in [-0.25, -0.2) is 13.2 Å². The highest BCUT2D eigenvalue weighted by Crippen LogP contribution is 2.27. The lowest BCUT2D eigenvalue weighted by atomic mass is 10.2. The van der Waals surface area contributed by atoms with E-state index >= 15 is 0 Å². The number of aryl methyl sites for hydroxylation is 2. The highest BCUT2D eigenvalue weighted by atomic mass is 32.2. The summed E-state index contributed by atoms with van der Waals surface area (Å²) >= 11 is 0. The van der Waals surface area contributed by atoms with Crippen LogP contribution in [0.2, 0.25) is 0 Å². The molecule has 0 radical (unpaired) electrons. The van der Waals surface area contributed by atoms with Crippen molar-refractivity contribution in [1.82, 2.24) is 14.5 Å². The summed E-state index contributed by atoms with van der Waals surface area (Å²) in [5, 5.41) is 6.61. The van der Waals surface area contributed by atoms with Gasteiger partial charge in [0.25, 0.3) is 0 Å². The normalized spacial score (nSPS) is 21.2. The first-order chi connectivity index (χ1) is 9.48. The molecule has 0 aromatic carbocycles. The lowest BCUT2D eigenvalue weighted by Crippen LogP contribution is -2.39. The molecule has 2 heterocycles. The maximum Gasteiger partial charge on any atom is 0.248 e. The fourth-order valence-corrected chi connectivity index (χ4v) is 4.50. The Morgan fingerprint density at radius 3 is 2.70 bits per heavy atom. The number of isocyanates is 1. The molecule has 2 rings (SSSR count). The van der Waals surface area contributed by atoms with Crippen molar-refractivity contribution in [3.63, 3.8) is 0 Å². The molecule has 1 aliphatic rings. The zero-order valence-corrected chi connectivity index (χ0v) is 12.4. The molecule has 8 heteroatoms. The van der Waals surface area contributed by atoms with Crippen LogP contribution in [0.4, 0.5) is 0 Å². The van der Waals surface area contributed by atoms with E-state index in [4.69, 9.17) is 0 Å². The molecule has 0 saturated carbocycles. The summed E-state index contributed by atoms with van der Waals surface area (Å²) in [6, 6.07) is 0. The standard InChI is InChI=1S/C12H18N4O3S/c1-9-12(10(2)15-14-9)20(18,19)16-7-5-3-4-6-11(16)13-8-17/h11H,3-7H2,1-2H3,(H,14,15). The number of hydrogen-bond acceptors (Lipinski definition) is 5. The van der Waals surface area contributed by atoms with Gasteiger partial charge in [0.2, 0.25) is 16.1 Å². The summed E-state index contributed by atoms with van der Waals surface area (Å²) in [6.45, 7) is 3.68. The van der Waals surface area contributed by atoms with E-state index in [0.29, 0.717) is 24.4 Å². The minimum atomic E-state index is -3.71. The first-order valence-electron chi connectivity index (χ1n) is 6.59. The van der Waals surface area contributed by atoms with Crippen molar-refractivity contribution >= 4 is 16.1 Å². The Hall–Kier alpha value is -1.50. The number of aromatic amines is 1. The molecule has 0 amide bonds. The van der Waals surface area contributed by atoms with Gasteiger partial charge in [-0.2, -0.15) is 14.4 Å². The molecule has 110 valence electrons. The van der Waals surface area contributed by atoms with Crippen molar-refractivity contribution in [3.8, 4) is 0 Å². The van der Waals surface area contributed by atoms with Gasteiger partial charge >= 0.3 is 0 Å². The average Bonchev–Trinajstić information content (AvgIpc) is 2.61. The molecule has 0 spiro atoms. The second kappa shape index (κ2) is 5.87. The molecule has 20 heavy (non-hydrogen) atoms. The molecule has 1 aromatic rings. The molecule has 1 unspecified atom stereocenters. The van der Waals surface area contributed by atoms with Gasteiger partial charge in [-0.1, -0.05) is 6.42 Å². The molecule has 1 aliphatic heterocycles. The van der Waals surface area contributed by atoms with Crippen LogP contribution >= 0.6 is 0 Å². The van der Waals surface area contributed by atoms with Crippen molar-refractivity contribution in [2.45, 2.75) is 50.6 Å². The Morgan fingerprint density at radius 1 is 1.35 bits per heavy atom. The van der Waals surface area contributed by atoms with E-state index < -0.39 is 16.2 Å². The van der Waals surface area contributed by atoms with E-state index in [1.165, 1.54) is 10.4 Å². The number of nitrogens with one attached hydrogen (secondary N) is 1. The minimum absolute atomic E-state index is 0.186. The van der Waals surface area contributed by atoms with Crippen LogP contribution in [0.5, 0.6) is 0 Å². The summed E-state index contributed by atoms with van der Waals surface area (Å²) in [7, 11) is -3.71. The minimum Gasteiger partial charge on any atom is -0.281 e. The Labute approximate surface area is 118 Å². The van der Waals surface area contributed by atoms with E-state index in [0.717, 1.165) is 19.3 Å². The second-order valence-electron chi connectivity index (χ2n) is 4.93. The Balaban J connectivity index is 2.47. The highest BCUT2D eigenvalue weighted by Gasteiger charge is 2.35. The van der Waals surface area contributed by atoms with Gasteiger partial charge in [0.1, 0.15) is 11.1 Å². The molecule has 0 bridgehead atoms. The lowest BCUT2D eigenvalue weighted by molar-refractivity contribution is 0.330. The quantitative estimate of drug-likeness (QED) is 0.671. The van der Waals surface area contributed by atoms with Crippen molar-refractivity contribution in [3.05, 3.63) is 11.4 Å². The van der Waals surface area contributed by atoms with Crippen LogP contribution in [0.25, 0.3) is 0 Å². The number of H-pyrrole nitrogens is 1. The number of sulfonamides is 1. The molecular weight excluding hydrogens is 280 g/mol. The van der Waals surface area contributed by atoms with E-state index in [1.807, 2.05) is 0 Å². The van der Waals surface area contributed by atoms with Crippen LogP contribution in [-0.4, -0.2) is 41.7 Å². The third-order valence-corrected chi connectivity index (χ3v) is 5.66. The smallest absolute Gasteiger partial charge is 0.248 e. The molecular formula is C12H18N4O3S. The fraction of sp³-hybridized carbons (Fsp3) is 0.667. The van der Waals surface area contributed by atoms with Crippen LogP contribution in [0, 0.1) is 13.8 Å². The monoisotopic (exact) mass is 298 g/mol. The fourth-order valence-electron chi connectivity index (χ4n) is 2.57. The third kappa shape index (κ3) is 2.67. The third-order valence-electron chi connectivity index (χ3n) is 3.50. The number of aromatic nitrogens is 2. The van der Waals surface area contributed by atoms with E-state index in [9.17, 15) is 13.2 Å². The number of hydrogen-bond donors (Lipinski definition) is 1. The second-order valence-corrected chi connectivity index (χ2v) is 6.76. The number of carbonyl (C=O) groups excluding carboxylic acids is 1. The summed E-state index contributed by atoms with van der Waals surface area (Å²) in [4.78, 5) is 14.4. The number of nitrogens with zero attached hydrogens (tertiary/aromatic N) is 3. The van der Waals surface area contributed by atoms with Crippen molar-refractivity contribution in [2.24, 2.45) is 4.99 Å². The molecule has 1 atom stereocenters. The maximum atomic E-state index is 12.8. The average molecular weight is 298 g/mol. The van der Waals surface area contributed by atoms with Gasteiger partial charge in [0, 0.05) is 6.54 Å². The number of rotatable bonds is 3. The van der Waals surface area contributed by atoms with Gasteiger partial charge in [-0.3, -0.25) is 5.10 Å². The molecule has 1 N–H and O–H groups in total. The van der Waals surface area contributed by atoms with Gasteiger partial charge in [0.05, 0.1) is 11.4 Å². The largest absolute Gasteiger partial charge is 0.281 e. The van der Waals surface area contributed by atoms with Crippen LogP contribution in [-0.2, 0) is 14.8 Å². The zero-order chi connectivity index (χ0) is 14.8. The predicted molar refractivity (Wildman–Crippen MR) is 72.3 cm³/mol. The van der Waals surface area contributed by atoms with Crippen molar-refractivity contribution in [1.29, 1.82) is 0 Å². The van der Waals surface area contributed by atoms with Gasteiger partial charge in [0.15, 0.2) is 0 Å². The summed E-state index contributed by atoms with van der Waals surface area (Å²) in [5.41, 5.74) is 0.932.